The molecule has 0 saturated heterocycles. The second kappa shape index (κ2) is 9.31. The van der Waals surface area contributed by atoms with Gasteiger partial charge in [0.2, 0.25) is 0 Å². The second-order valence-electron chi connectivity index (χ2n) is 5.18. The van der Waals surface area contributed by atoms with Crippen LogP contribution in [0.25, 0.3) is 0 Å². The average Bonchev–Trinajstić information content (AvgIpc) is 2.63. The monoisotopic (exact) mass is 396 g/mol. The summed E-state index contributed by atoms with van der Waals surface area (Å²) < 4.78 is 15.9. The molecule has 2 aromatic rings. The molecule has 0 heterocycles. The zero-order chi connectivity index (χ0) is 19.1. The molecule has 1 N–H and O–H groups in total. The second-order valence-corrected chi connectivity index (χ2v) is 6.03. The topological polar surface area (TPSA) is 69.2 Å². The van der Waals surface area contributed by atoms with Gasteiger partial charge in [-0.1, -0.05) is 23.2 Å². The number of carbonyl (C=O) groups is 1. The first-order chi connectivity index (χ1) is 12.4. The summed E-state index contributed by atoms with van der Waals surface area (Å²) in [5.41, 5.74) is 3.15. The number of methoxy groups -OCH3 is 2. The number of hydrogen-bond acceptors (Lipinski definition) is 5. The standard InChI is InChI=1S/C18H18Cl2N2O4/c1-11(26-15-7-5-13(19)9-14(15)20)18(23)22-21-10-12-4-6-16(24-2)17(8-12)25-3/h4-11H,1-3H3,(H,22,23)/t11-/m1/s1. The summed E-state index contributed by atoms with van der Waals surface area (Å²) in [6.07, 6.45) is 0.693. The number of halogens is 2. The Morgan fingerprint density at radius 3 is 2.42 bits per heavy atom. The lowest BCUT2D eigenvalue weighted by molar-refractivity contribution is -0.127. The zero-order valence-corrected chi connectivity index (χ0v) is 16.0. The maximum atomic E-state index is 12.1. The largest absolute Gasteiger partial charge is 0.493 e. The number of benzene rings is 2. The van der Waals surface area contributed by atoms with Crippen LogP contribution in [0, 0.1) is 0 Å². The van der Waals surface area contributed by atoms with Gasteiger partial charge in [-0.15, -0.1) is 0 Å². The lowest BCUT2D eigenvalue weighted by atomic mass is 10.2. The molecule has 2 aromatic carbocycles. The van der Waals surface area contributed by atoms with Crippen LogP contribution in [-0.4, -0.2) is 32.4 Å². The Bertz CT molecular complexity index is 812. The van der Waals surface area contributed by atoms with Crippen LogP contribution in [0.4, 0.5) is 0 Å². The van der Waals surface area contributed by atoms with Crippen LogP contribution in [0.5, 0.6) is 17.2 Å². The number of rotatable bonds is 7. The fraction of sp³-hybridized carbons (Fsp3) is 0.222. The highest BCUT2D eigenvalue weighted by atomic mass is 35.5. The minimum atomic E-state index is -0.795. The van der Waals surface area contributed by atoms with Crippen molar-refractivity contribution in [2.24, 2.45) is 5.10 Å². The molecule has 0 unspecified atom stereocenters. The van der Waals surface area contributed by atoms with E-state index >= 15 is 0 Å². The minimum Gasteiger partial charge on any atom is -0.493 e. The number of carbonyl (C=O) groups excluding carboxylic acids is 1. The summed E-state index contributed by atoms with van der Waals surface area (Å²) in [7, 11) is 3.10. The van der Waals surface area contributed by atoms with Crippen molar-refractivity contribution in [2.45, 2.75) is 13.0 Å². The minimum absolute atomic E-state index is 0.325. The molecule has 26 heavy (non-hydrogen) atoms. The van der Waals surface area contributed by atoms with Crippen molar-refractivity contribution < 1.29 is 19.0 Å². The van der Waals surface area contributed by atoms with Crippen molar-refractivity contribution >= 4 is 35.3 Å². The van der Waals surface area contributed by atoms with E-state index in [9.17, 15) is 4.79 Å². The molecule has 0 aliphatic heterocycles. The lowest BCUT2D eigenvalue weighted by Crippen LogP contribution is -2.33. The zero-order valence-electron chi connectivity index (χ0n) is 14.5. The van der Waals surface area contributed by atoms with E-state index in [2.05, 4.69) is 10.5 Å². The van der Waals surface area contributed by atoms with Gasteiger partial charge in [0.1, 0.15) is 5.75 Å². The highest BCUT2D eigenvalue weighted by Crippen LogP contribution is 2.28. The van der Waals surface area contributed by atoms with Crippen molar-refractivity contribution in [3.05, 3.63) is 52.0 Å². The molecular formula is C18H18Cl2N2O4. The molecule has 0 aliphatic carbocycles. The summed E-state index contributed by atoms with van der Waals surface area (Å²) in [5, 5.41) is 4.73. The van der Waals surface area contributed by atoms with Gasteiger partial charge in [0.25, 0.3) is 5.91 Å². The highest BCUT2D eigenvalue weighted by molar-refractivity contribution is 6.35. The SMILES string of the molecule is COc1ccc(C=NNC(=O)[C@@H](C)Oc2ccc(Cl)cc2Cl)cc1OC. The number of hydrazone groups is 1. The van der Waals surface area contributed by atoms with E-state index in [1.807, 2.05) is 0 Å². The molecule has 2 rings (SSSR count). The molecule has 0 aliphatic rings. The molecule has 1 amide bonds. The molecule has 8 heteroatoms. The maximum absolute atomic E-state index is 12.1. The number of ether oxygens (including phenoxy) is 3. The molecule has 0 fully saturated rings. The first-order valence-corrected chi connectivity index (χ1v) is 8.37. The number of amides is 1. The first-order valence-electron chi connectivity index (χ1n) is 7.61. The van der Waals surface area contributed by atoms with E-state index in [1.165, 1.54) is 12.3 Å². The van der Waals surface area contributed by atoms with E-state index in [4.69, 9.17) is 37.4 Å². The molecular weight excluding hydrogens is 379 g/mol. The Hall–Kier alpha value is -2.44. The smallest absolute Gasteiger partial charge is 0.280 e. The first kappa shape index (κ1) is 19.9. The van der Waals surface area contributed by atoms with Gasteiger partial charge >= 0.3 is 0 Å². The molecule has 0 spiro atoms. The van der Waals surface area contributed by atoms with Gasteiger partial charge in [0, 0.05) is 5.02 Å². The van der Waals surface area contributed by atoms with Crippen LogP contribution in [0.3, 0.4) is 0 Å². The van der Waals surface area contributed by atoms with Crippen molar-refractivity contribution in [1.29, 1.82) is 0 Å². The molecule has 0 saturated carbocycles. The van der Waals surface area contributed by atoms with Crippen molar-refractivity contribution in [3.8, 4) is 17.2 Å². The van der Waals surface area contributed by atoms with E-state index in [1.54, 1.807) is 51.5 Å². The normalized spacial score (nSPS) is 11.9. The van der Waals surface area contributed by atoms with Crippen molar-refractivity contribution in [2.75, 3.05) is 14.2 Å². The Morgan fingerprint density at radius 1 is 1.08 bits per heavy atom. The van der Waals surface area contributed by atoms with Crippen molar-refractivity contribution in [1.82, 2.24) is 5.43 Å². The van der Waals surface area contributed by atoms with E-state index in [-0.39, 0.29) is 0 Å². The summed E-state index contributed by atoms with van der Waals surface area (Å²) >= 11 is 11.9. The summed E-state index contributed by atoms with van der Waals surface area (Å²) in [6, 6.07) is 10.0. The van der Waals surface area contributed by atoms with Crippen LogP contribution in [-0.2, 0) is 4.79 Å². The maximum Gasteiger partial charge on any atom is 0.280 e. The number of nitrogens with zero attached hydrogens (tertiary/aromatic N) is 1. The third-order valence-electron chi connectivity index (χ3n) is 3.36. The fourth-order valence-corrected chi connectivity index (χ4v) is 2.46. The van der Waals surface area contributed by atoms with Gasteiger partial charge in [-0.05, 0) is 48.9 Å². The highest BCUT2D eigenvalue weighted by Gasteiger charge is 2.15. The van der Waals surface area contributed by atoms with Crippen molar-refractivity contribution in [3.63, 3.8) is 0 Å². The molecule has 138 valence electrons. The third kappa shape index (κ3) is 5.28. The summed E-state index contributed by atoms with van der Waals surface area (Å²) in [4.78, 5) is 12.1. The Morgan fingerprint density at radius 2 is 1.77 bits per heavy atom. The summed E-state index contributed by atoms with van der Waals surface area (Å²) in [6.45, 7) is 1.59. The predicted molar refractivity (Wildman–Crippen MR) is 102 cm³/mol. The number of hydrogen-bond donors (Lipinski definition) is 1. The van der Waals surface area contributed by atoms with Gasteiger partial charge in [0.15, 0.2) is 17.6 Å². The van der Waals surface area contributed by atoms with Crippen LogP contribution in [0.15, 0.2) is 41.5 Å². The van der Waals surface area contributed by atoms with Gasteiger partial charge in [-0.2, -0.15) is 5.10 Å². The predicted octanol–water partition coefficient (Wildman–Crippen LogP) is 3.93. The van der Waals surface area contributed by atoms with Crippen LogP contribution >= 0.6 is 23.2 Å². The molecule has 6 nitrogen and oxygen atoms in total. The Kier molecular flexibility index (Phi) is 7.12. The van der Waals surface area contributed by atoms with Crippen LogP contribution in [0.1, 0.15) is 12.5 Å². The van der Waals surface area contributed by atoms with E-state index in [0.717, 1.165) is 5.56 Å². The number of nitrogens with one attached hydrogen (secondary N) is 1. The van der Waals surface area contributed by atoms with E-state index in [0.29, 0.717) is 27.3 Å². The summed E-state index contributed by atoms with van der Waals surface area (Å²) in [5.74, 6) is 1.11. The van der Waals surface area contributed by atoms with Gasteiger partial charge in [-0.25, -0.2) is 5.43 Å². The van der Waals surface area contributed by atoms with Gasteiger partial charge < -0.3 is 14.2 Å². The quantitative estimate of drug-likeness (QED) is 0.568. The lowest BCUT2D eigenvalue weighted by Gasteiger charge is -2.14. The van der Waals surface area contributed by atoms with Gasteiger partial charge in [0.05, 0.1) is 25.5 Å². The molecule has 0 bridgehead atoms. The fourth-order valence-electron chi connectivity index (χ4n) is 2.01. The molecule has 0 radical (unpaired) electrons. The Labute approximate surface area is 161 Å². The third-order valence-corrected chi connectivity index (χ3v) is 3.89. The van der Waals surface area contributed by atoms with Crippen LogP contribution < -0.4 is 19.6 Å². The molecule has 1 atom stereocenters. The Balaban J connectivity index is 1.95. The average molecular weight is 397 g/mol. The van der Waals surface area contributed by atoms with Crippen LogP contribution in [0.2, 0.25) is 10.0 Å². The van der Waals surface area contributed by atoms with E-state index < -0.39 is 12.0 Å². The molecule has 0 aromatic heterocycles. The van der Waals surface area contributed by atoms with Gasteiger partial charge in [-0.3, -0.25) is 4.79 Å².